The van der Waals surface area contributed by atoms with Crippen molar-refractivity contribution in [1.29, 1.82) is 0 Å². The summed E-state index contributed by atoms with van der Waals surface area (Å²) in [5, 5.41) is 0. The second kappa shape index (κ2) is 5.40. The van der Waals surface area contributed by atoms with Crippen molar-refractivity contribution >= 4 is 0 Å². The summed E-state index contributed by atoms with van der Waals surface area (Å²) in [5.74, 6) is 0. The summed E-state index contributed by atoms with van der Waals surface area (Å²) in [6.07, 6.45) is 7.11. The summed E-state index contributed by atoms with van der Waals surface area (Å²) in [7, 11) is 0. The van der Waals surface area contributed by atoms with E-state index in [1.165, 1.54) is 5.57 Å². The number of ether oxygens (including phenoxy) is 1. The van der Waals surface area contributed by atoms with Gasteiger partial charge in [0.25, 0.3) is 0 Å². The predicted octanol–water partition coefficient (Wildman–Crippen LogP) is 2.24. The molecule has 2 N–H and O–H groups in total. The van der Waals surface area contributed by atoms with Crippen LogP contribution in [0.4, 0.5) is 0 Å². The zero-order chi connectivity index (χ0) is 9.68. The van der Waals surface area contributed by atoms with Gasteiger partial charge < -0.3 is 10.5 Å². The van der Waals surface area contributed by atoms with Crippen LogP contribution in [-0.4, -0.2) is 18.8 Å². The molecule has 0 aromatic rings. The molecule has 1 aliphatic carbocycles. The second-order valence-corrected chi connectivity index (χ2v) is 4.15. The van der Waals surface area contributed by atoms with E-state index in [0.29, 0.717) is 12.1 Å². The topological polar surface area (TPSA) is 35.2 Å². The van der Waals surface area contributed by atoms with Crippen LogP contribution in [0.15, 0.2) is 11.6 Å². The molecule has 0 aromatic heterocycles. The molecular formula is C11H21NO. The van der Waals surface area contributed by atoms with Gasteiger partial charge in [-0.3, -0.25) is 0 Å². The van der Waals surface area contributed by atoms with Crippen LogP contribution in [0, 0.1) is 0 Å². The van der Waals surface area contributed by atoms with Crippen molar-refractivity contribution in [2.45, 2.75) is 51.7 Å². The lowest BCUT2D eigenvalue weighted by atomic mass is 9.94. The van der Waals surface area contributed by atoms with Gasteiger partial charge in [0.2, 0.25) is 0 Å². The zero-order valence-corrected chi connectivity index (χ0v) is 8.75. The van der Waals surface area contributed by atoms with E-state index in [4.69, 9.17) is 10.5 Å². The Morgan fingerprint density at radius 3 is 2.46 bits per heavy atom. The van der Waals surface area contributed by atoms with E-state index < -0.39 is 0 Å². The molecule has 1 saturated carbocycles. The Hall–Kier alpha value is -0.340. The third kappa shape index (κ3) is 4.44. The third-order valence-corrected chi connectivity index (χ3v) is 2.54. The first-order chi connectivity index (χ1) is 6.18. The van der Waals surface area contributed by atoms with E-state index in [1.54, 1.807) is 0 Å². The lowest BCUT2D eigenvalue weighted by Gasteiger charge is -2.25. The fourth-order valence-electron chi connectivity index (χ4n) is 1.61. The minimum absolute atomic E-state index is 0.420. The monoisotopic (exact) mass is 183 g/mol. The summed E-state index contributed by atoms with van der Waals surface area (Å²) in [4.78, 5) is 0. The molecule has 0 bridgehead atoms. The minimum Gasteiger partial charge on any atom is -0.374 e. The van der Waals surface area contributed by atoms with Crippen molar-refractivity contribution in [2.75, 3.05) is 6.61 Å². The van der Waals surface area contributed by atoms with Crippen LogP contribution in [0.3, 0.4) is 0 Å². The molecule has 0 aliphatic heterocycles. The minimum atomic E-state index is 0.420. The van der Waals surface area contributed by atoms with E-state index in [-0.39, 0.29) is 0 Å². The number of nitrogens with two attached hydrogens (primary N) is 1. The van der Waals surface area contributed by atoms with Crippen molar-refractivity contribution in [3.05, 3.63) is 11.6 Å². The highest BCUT2D eigenvalue weighted by atomic mass is 16.5. The fourth-order valence-corrected chi connectivity index (χ4v) is 1.61. The van der Waals surface area contributed by atoms with Gasteiger partial charge in [-0.05, 0) is 39.5 Å². The largest absolute Gasteiger partial charge is 0.374 e. The summed E-state index contributed by atoms with van der Waals surface area (Å²) < 4.78 is 5.71. The van der Waals surface area contributed by atoms with Gasteiger partial charge in [0, 0.05) is 6.04 Å². The Morgan fingerprint density at radius 1 is 1.31 bits per heavy atom. The molecular weight excluding hydrogens is 162 g/mol. The van der Waals surface area contributed by atoms with Gasteiger partial charge in [-0.2, -0.15) is 0 Å². The molecule has 2 nitrogen and oxygen atoms in total. The molecule has 0 saturated heterocycles. The van der Waals surface area contributed by atoms with Gasteiger partial charge in [0.1, 0.15) is 0 Å². The van der Waals surface area contributed by atoms with Crippen LogP contribution >= 0.6 is 0 Å². The first-order valence-corrected chi connectivity index (χ1v) is 5.19. The maximum absolute atomic E-state index is 5.81. The highest BCUT2D eigenvalue weighted by Crippen LogP contribution is 2.19. The number of allylic oxidation sites excluding steroid dienone is 1. The number of rotatable bonds is 3. The van der Waals surface area contributed by atoms with E-state index in [0.717, 1.165) is 32.3 Å². The van der Waals surface area contributed by atoms with Crippen molar-refractivity contribution < 1.29 is 4.74 Å². The van der Waals surface area contributed by atoms with Crippen LogP contribution in [0.5, 0.6) is 0 Å². The SMILES string of the molecule is CC(C)=CCOC1CCC(N)CC1. The molecule has 0 aromatic carbocycles. The Balaban J connectivity index is 2.12. The van der Waals surface area contributed by atoms with Gasteiger partial charge >= 0.3 is 0 Å². The molecule has 13 heavy (non-hydrogen) atoms. The first kappa shape index (κ1) is 10.7. The van der Waals surface area contributed by atoms with Crippen LogP contribution < -0.4 is 5.73 Å². The van der Waals surface area contributed by atoms with E-state index >= 15 is 0 Å². The Morgan fingerprint density at radius 2 is 1.92 bits per heavy atom. The van der Waals surface area contributed by atoms with Gasteiger partial charge in [0.15, 0.2) is 0 Å². The Bertz CT molecular complexity index is 165. The summed E-state index contributed by atoms with van der Waals surface area (Å²) in [6, 6.07) is 0.420. The van der Waals surface area contributed by atoms with Crippen molar-refractivity contribution in [3.8, 4) is 0 Å². The maximum Gasteiger partial charge on any atom is 0.0653 e. The number of hydrogen-bond donors (Lipinski definition) is 1. The quantitative estimate of drug-likeness (QED) is 0.681. The summed E-state index contributed by atoms with van der Waals surface area (Å²) in [6.45, 7) is 4.96. The van der Waals surface area contributed by atoms with Crippen molar-refractivity contribution in [1.82, 2.24) is 0 Å². The normalized spacial score (nSPS) is 28.5. The molecule has 0 heterocycles. The first-order valence-electron chi connectivity index (χ1n) is 5.19. The average Bonchev–Trinajstić information content (AvgIpc) is 2.08. The van der Waals surface area contributed by atoms with Gasteiger partial charge in [-0.25, -0.2) is 0 Å². The van der Waals surface area contributed by atoms with Crippen molar-refractivity contribution in [2.24, 2.45) is 5.73 Å². The smallest absolute Gasteiger partial charge is 0.0653 e. The lowest BCUT2D eigenvalue weighted by molar-refractivity contribution is 0.0425. The summed E-state index contributed by atoms with van der Waals surface area (Å²) >= 11 is 0. The van der Waals surface area contributed by atoms with Gasteiger partial charge in [0.05, 0.1) is 12.7 Å². The Labute approximate surface area is 81.1 Å². The molecule has 76 valence electrons. The molecule has 0 unspecified atom stereocenters. The molecule has 0 atom stereocenters. The average molecular weight is 183 g/mol. The Kier molecular flexibility index (Phi) is 4.46. The zero-order valence-electron chi connectivity index (χ0n) is 8.75. The second-order valence-electron chi connectivity index (χ2n) is 4.15. The summed E-state index contributed by atoms with van der Waals surface area (Å²) in [5.41, 5.74) is 7.13. The lowest BCUT2D eigenvalue weighted by Crippen LogP contribution is -2.30. The molecule has 1 rings (SSSR count). The predicted molar refractivity (Wildman–Crippen MR) is 55.6 cm³/mol. The van der Waals surface area contributed by atoms with Crippen LogP contribution in [0.1, 0.15) is 39.5 Å². The van der Waals surface area contributed by atoms with E-state index in [2.05, 4.69) is 19.9 Å². The van der Waals surface area contributed by atoms with Crippen LogP contribution in [-0.2, 0) is 4.74 Å². The molecule has 0 amide bonds. The molecule has 2 heteroatoms. The molecule has 1 aliphatic rings. The van der Waals surface area contributed by atoms with Gasteiger partial charge in [-0.1, -0.05) is 11.6 Å². The molecule has 1 fully saturated rings. The highest BCUT2D eigenvalue weighted by molar-refractivity contribution is 4.93. The molecule has 0 spiro atoms. The van der Waals surface area contributed by atoms with Gasteiger partial charge in [-0.15, -0.1) is 0 Å². The third-order valence-electron chi connectivity index (χ3n) is 2.54. The fraction of sp³-hybridized carbons (Fsp3) is 0.818. The standard InChI is InChI=1S/C11H21NO/c1-9(2)7-8-13-11-5-3-10(12)4-6-11/h7,10-11H,3-6,8,12H2,1-2H3. The number of hydrogen-bond acceptors (Lipinski definition) is 2. The van der Waals surface area contributed by atoms with E-state index in [1.807, 2.05) is 0 Å². The molecule has 0 radical (unpaired) electrons. The highest BCUT2D eigenvalue weighted by Gasteiger charge is 2.18. The van der Waals surface area contributed by atoms with Crippen LogP contribution in [0.25, 0.3) is 0 Å². The maximum atomic E-state index is 5.81. The van der Waals surface area contributed by atoms with Crippen molar-refractivity contribution in [3.63, 3.8) is 0 Å². The van der Waals surface area contributed by atoms with E-state index in [9.17, 15) is 0 Å². The van der Waals surface area contributed by atoms with Crippen LogP contribution in [0.2, 0.25) is 0 Å².